The molecule has 0 aliphatic rings. The minimum Gasteiger partial charge on any atom is -0.495 e. The minimum absolute atomic E-state index is 0.468. The number of benzene rings is 1. The van der Waals surface area contributed by atoms with Crippen molar-refractivity contribution in [2.24, 2.45) is 5.73 Å². The van der Waals surface area contributed by atoms with E-state index < -0.39 is 0 Å². The SMILES string of the molecule is COc1ccc(-c2sc(CN)nc2C)cc1Cl. The highest BCUT2D eigenvalue weighted by atomic mass is 35.5. The lowest BCUT2D eigenvalue weighted by Gasteiger charge is -2.04. The van der Waals surface area contributed by atoms with E-state index in [-0.39, 0.29) is 0 Å². The molecule has 0 atom stereocenters. The molecule has 0 radical (unpaired) electrons. The first-order valence-corrected chi connectivity index (χ1v) is 6.35. The van der Waals surface area contributed by atoms with Gasteiger partial charge in [0.05, 0.1) is 22.7 Å². The van der Waals surface area contributed by atoms with Crippen LogP contribution in [0.1, 0.15) is 10.7 Å². The van der Waals surface area contributed by atoms with E-state index in [9.17, 15) is 0 Å². The van der Waals surface area contributed by atoms with E-state index >= 15 is 0 Å². The Morgan fingerprint density at radius 2 is 2.24 bits per heavy atom. The van der Waals surface area contributed by atoms with Gasteiger partial charge >= 0.3 is 0 Å². The van der Waals surface area contributed by atoms with Gasteiger partial charge in [0.15, 0.2) is 0 Å². The lowest BCUT2D eigenvalue weighted by Crippen LogP contribution is -1.94. The van der Waals surface area contributed by atoms with Crippen LogP contribution >= 0.6 is 22.9 Å². The number of aryl methyl sites for hydroxylation is 1. The molecule has 1 aromatic heterocycles. The van der Waals surface area contributed by atoms with Crippen LogP contribution in [0, 0.1) is 6.92 Å². The van der Waals surface area contributed by atoms with Gasteiger partial charge in [0.2, 0.25) is 0 Å². The van der Waals surface area contributed by atoms with Gasteiger partial charge in [-0.1, -0.05) is 11.6 Å². The number of aromatic nitrogens is 1. The highest BCUT2D eigenvalue weighted by Crippen LogP contribution is 2.34. The Morgan fingerprint density at radius 1 is 1.47 bits per heavy atom. The summed E-state index contributed by atoms with van der Waals surface area (Å²) in [5.74, 6) is 0.677. The number of methoxy groups -OCH3 is 1. The van der Waals surface area contributed by atoms with Crippen molar-refractivity contribution >= 4 is 22.9 Å². The van der Waals surface area contributed by atoms with E-state index in [1.807, 2.05) is 25.1 Å². The fourth-order valence-electron chi connectivity index (χ4n) is 1.62. The van der Waals surface area contributed by atoms with E-state index in [2.05, 4.69) is 4.98 Å². The van der Waals surface area contributed by atoms with Gasteiger partial charge in [-0.3, -0.25) is 0 Å². The maximum absolute atomic E-state index is 6.11. The van der Waals surface area contributed by atoms with E-state index in [4.69, 9.17) is 22.1 Å². The van der Waals surface area contributed by atoms with Crippen LogP contribution in [0.4, 0.5) is 0 Å². The summed E-state index contributed by atoms with van der Waals surface area (Å²) in [6.07, 6.45) is 0. The average molecular weight is 269 g/mol. The van der Waals surface area contributed by atoms with Crippen LogP contribution in [0.2, 0.25) is 5.02 Å². The number of nitrogens with two attached hydrogens (primary N) is 1. The van der Waals surface area contributed by atoms with Gasteiger partial charge in [-0.25, -0.2) is 4.98 Å². The molecular formula is C12H13ClN2OS. The zero-order valence-corrected chi connectivity index (χ0v) is 11.2. The molecule has 2 rings (SSSR count). The predicted molar refractivity (Wildman–Crippen MR) is 71.7 cm³/mol. The first kappa shape index (κ1) is 12.4. The van der Waals surface area contributed by atoms with Crippen LogP contribution in [0.25, 0.3) is 10.4 Å². The normalized spacial score (nSPS) is 10.6. The molecule has 90 valence electrons. The van der Waals surface area contributed by atoms with Crippen molar-refractivity contribution in [1.82, 2.24) is 4.98 Å². The Bertz CT molecular complexity index is 539. The van der Waals surface area contributed by atoms with Crippen molar-refractivity contribution in [1.29, 1.82) is 0 Å². The van der Waals surface area contributed by atoms with Crippen LogP contribution in [0.15, 0.2) is 18.2 Å². The minimum atomic E-state index is 0.468. The zero-order chi connectivity index (χ0) is 12.4. The number of halogens is 1. The van der Waals surface area contributed by atoms with Gasteiger partial charge < -0.3 is 10.5 Å². The molecule has 17 heavy (non-hydrogen) atoms. The Hall–Kier alpha value is -1.10. The molecule has 0 bridgehead atoms. The molecule has 2 aromatic rings. The molecule has 0 amide bonds. The van der Waals surface area contributed by atoms with E-state index in [0.717, 1.165) is 21.1 Å². The number of hydrogen-bond acceptors (Lipinski definition) is 4. The van der Waals surface area contributed by atoms with Gasteiger partial charge in [-0.2, -0.15) is 0 Å². The fourth-order valence-corrected chi connectivity index (χ4v) is 2.81. The molecule has 0 fully saturated rings. The van der Waals surface area contributed by atoms with Crippen molar-refractivity contribution in [3.8, 4) is 16.2 Å². The van der Waals surface area contributed by atoms with Crippen LogP contribution in [0.3, 0.4) is 0 Å². The summed E-state index contributed by atoms with van der Waals surface area (Å²) in [5, 5.41) is 1.54. The monoisotopic (exact) mass is 268 g/mol. The highest BCUT2D eigenvalue weighted by molar-refractivity contribution is 7.15. The summed E-state index contributed by atoms with van der Waals surface area (Å²) >= 11 is 7.71. The molecule has 0 aliphatic heterocycles. The molecular weight excluding hydrogens is 256 g/mol. The van der Waals surface area contributed by atoms with Crippen molar-refractivity contribution < 1.29 is 4.74 Å². The van der Waals surface area contributed by atoms with Gasteiger partial charge in [0.1, 0.15) is 10.8 Å². The second-order valence-corrected chi connectivity index (χ2v) is 5.07. The highest BCUT2D eigenvalue weighted by Gasteiger charge is 2.10. The number of thiazole rings is 1. The first-order valence-electron chi connectivity index (χ1n) is 5.16. The molecule has 0 unspecified atom stereocenters. The number of rotatable bonds is 3. The topological polar surface area (TPSA) is 48.1 Å². The standard InChI is InChI=1S/C12H13ClN2OS/c1-7-12(17-11(6-14)15-7)8-3-4-10(16-2)9(13)5-8/h3-5H,6,14H2,1-2H3. The second-order valence-electron chi connectivity index (χ2n) is 3.58. The van der Waals surface area contributed by atoms with Crippen molar-refractivity contribution in [2.45, 2.75) is 13.5 Å². The van der Waals surface area contributed by atoms with Crippen molar-refractivity contribution in [2.75, 3.05) is 7.11 Å². The predicted octanol–water partition coefficient (Wildman–Crippen LogP) is 3.24. The summed E-state index contributed by atoms with van der Waals surface area (Å²) in [7, 11) is 1.60. The van der Waals surface area contributed by atoms with Gasteiger partial charge in [0.25, 0.3) is 0 Å². The largest absolute Gasteiger partial charge is 0.495 e. The molecule has 0 spiro atoms. The summed E-state index contributed by atoms with van der Waals surface area (Å²) in [6, 6.07) is 5.73. The number of hydrogen-bond donors (Lipinski definition) is 1. The van der Waals surface area contributed by atoms with Crippen LogP contribution < -0.4 is 10.5 Å². The molecule has 2 N–H and O–H groups in total. The van der Waals surface area contributed by atoms with Crippen LogP contribution in [-0.2, 0) is 6.54 Å². The van der Waals surface area contributed by atoms with Gasteiger partial charge in [-0.05, 0) is 30.7 Å². The number of ether oxygens (including phenoxy) is 1. The molecule has 0 saturated heterocycles. The Kier molecular flexibility index (Phi) is 3.66. The molecule has 5 heteroatoms. The maximum Gasteiger partial charge on any atom is 0.137 e. The molecule has 3 nitrogen and oxygen atoms in total. The van der Waals surface area contributed by atoms with Gasteiger partial charge in [0, 0.05) is 6.54 Å². The van der Waals surface area contributed by atoms with E-state index in [0.29, 0.717) is 17.3 Å². The summed E-state index contributed by atoms with van der Waals surface area (Å²) in [4.78, 5) is 5.50. The second kappa shape index (κ2) is 5.04. The third-order valence-corrected chi connectivity index (χ3v) is 3.95. The Balaban J connectivity index is 2.45. The smallest absolute Gasteiger partial charge is 0.137 e. The van der Waals surface area contributed by atoms with E-state index in [1.54, 1.807) is 18.4 Å². The number of nitrogens with zero attached hydrogens (tertiary/aromatic N) is 1. The zero-order valence-electron chi connectivity index (χ0n) is 9.66. The summed E-state index contributed by atoms with van der Waals surface area (Å²) in [5.41, 5.74) is 7.62. The molecule has 0 aliphatic carbocycles. The molecule has 1 aromatic carbocycles. The van der Waals surface area contributed by atoms with Crippen molar-refractivity contribution in [3.63, 3.8) is 0 Å². The van der Waals surface area contributed by atoms with Crippen LogP contribution in [0.5, 0.6) is 5.75 Å². The third kappa shape index (κ3) is 2.44. The fraction of sp³-hybridized carbons (Fsp3) is 0.250. The molecule has 0 saturated carbocycles. The lowest BCUT2D eigenvalue weighted by atomic mass is 10.1. The third-order valence-electron chi connectivity index (χ3n) is 2.43. The quantitative estimate of drug-likeness (QED) is 0.930. The van der Waals surface area contributed by atoms with Crippen molar-refractivity contribution in [3.05, 3.63) is 33.9 Å². The van der Waals surface area contributed by atoms with E-state index in [1.165, 1.54) is 0 Å². The summed E-state index contributed by atoms with van der Waals surface area (Å²) < 4.78 is 5.13. The Morgan fingerprint density at radius 3 is 2.76 bits per heavy atom. The maximum atomic E-state index is 6.11. The average Bonchev–Trinajstić information content (AvgIpc) is 2.70. The van der Waals surface area contributed by atoms with Gasteiger partial charge in [-0.15, -0.1) is 11.3 Å². The Labute approximate surface area is 109 Å². The lowest BCUT2D eigenvalue weighted by molar-refractivity contribution is 0.415. The first-order chi connectivity index (χ1) is 8.15. The summed E-state index contributed by atoms with van der Waals surface area (Å²) in [6.45, 7) is 2.44. The van der Waals surface area contributed by atoms with Crippen LogP contribution in [-0.4, -0.2) is 12.1 Å². The molecule has 1 heterocycles.